The number of nitrogens with one attached hydrogen (secondary N) is 1. The van der Waals surface area contributed by atoms with Gasteiger partial charge in [-0.2, -0.15) is 0 Å². The maximum absolute atomic E-state index is 12.3. The number of nitrogens with zero attached hydrogens (tertiary/aromatic N) is 1. The van der Waals surface area contributed by atoms with E-state index < -0.39 is 0 Å². The van der Waals surface area contributed by atoms with Crippen molar-refractivity contribution in [1.29, 1.82) is 0 Å². The number of halogens is 1. The van der Waals surface area contributed by atoms with E-state index in [1.165, 1.54) is 0 Å². The molecule has 1 aliphatic rings. The minimum atomic E-state index is -0.0579. The topological polar surface area (TPSA) is 52.6 Å². The first-order valence-corrected chi connectivity index (χ1v) is 8.30. The molecule has 1 aliphatic heterocycles. The standard InChI is InChI=1S/C17H25ClN2O2/c1-12-4-3-5-16(11-21)20(12)10-17(22)19-13(2)14-6-8-15(18)9-7-14/h6-9,12-13,16,21H,3-5,10-11H2,1-2H3,(H,19,22). The van der Waals surface area contributed by atoms with E-state index in [1.807, 2.05) is 31.2 Å². The Balaban J connectivity index is 1.92. The van der Waals surface area contributed by atoms with Crippen LogP contribution in [0.15, 0.2) is 24.3 Å². The number of benzene rings is 1. The first kappa shape index (κ1) is 17.3. The molecule has 0 saturated carbocycles. The van der Waals surface area contributed by atoms with Gasteiger partial charge in [-0.05, 0) is 44.4 Å². The monoisotopic (exact) mass is 324 g/mol. The van der Waals surface area contributed by atoms with Crippen molar-refractivity contribution < 1.29 is 9.90 Å². The van der Waals surface area contributed by atoms with Gasteiger partial charge in [0.15, 0.2) is 0 Å². The Hall–Kier alpha value is -1.10. The van der Waals surface area contributed by atoms with Gasteiger partial charge < -0.3 is 10.4 Å². The summed E-state index contributed by atoms with van der Waals surface area (Å²) in [5, 5.41) is 13.2. The highest BCUT2D eigenvalue weighted by atomic mass is 35.5. The summed E-state index contributed by atoms with van der Waals surface area (Å²) in [7, 11) is 0. The van der Waals surface area contributed by atoms with Crippen LogP contribution in [-0.4, -0.2) is 41.1 Å². The molecule has 1 aromatic rings. The van der Waals surface area contributed by atoms with Gasteiger partial charge in [-0.1, -0.05) is 30.2 Å². The summed E-state index contributed by atoms with van der Waals surface area (Å²) in [5.74, 6) is -0.00495. The van der Waals surface area contributed by atoms with E-state index in [1.54, 1.807) is 0 Å². The van der Waals surface area contributed by atoms with Crippen molar-refractivity contribution in [3.05, 3.63) is 34.9 Å². The van der Waals surface area contributed by atoms with Gasteiger partial charge in [0.05, 0.1) is 19.2 Å². The molecule has 4 nitrogen and oxygen atoms in total. The third-order valence-electron chi connectivity index (χ3n) is 4.48. The van der Waals surface area contributed by atoms with E-state index >= 15 is 0 Å². The lowest BCUT2D eigenvalue weighted by molar-refractivity contribution is -0.125. The normalized spacial score (nSPS) is 24.0. The van der Waals surface area contributed by atoms with Gasteiger partial charge in [0.2, 0.25) is 5.91 Å². The van der Waals surface area contributed by atoms with Crippen LogP contribution in [0.1, 0.15) is 44.7 Å². The van der Waals surface area contributed by atoms with E-state index in [4.69, 9.17) is 11.6 Å². The second-order valence-electron chi connectivity index (χ2n) is 6.13. The van der Waals surface area contributed by atoms with Gasteiger partial charge in [0.25, 0.3) is 0 Å². The van der Waals surface area contributed by atoms with E-state index in [2.05, 4.69) is 17.1 Å². The number of aliphatic hydroxyl groups excluding tert-OH is 1. The Morgan fingerprint density at radius 1 is 1.41 bits per heavy atom. The van der Waals surface area contributed by atoms with Gasteiger partial charge in [-0.15, -0.1) is 0 Å². The first-order valence-electron chi connectivity index (χ1n) is 7.92. The number of rotatable bonds is 5. The van der Waals surface area contributed by atoms with Crippen molar-refractivity contribution in [2.45, 2.75) is 51.2 Å². The lowest BCUT2D eigenvalue weighted by Crippen LogP contribution is -2.51. The summed E-state index contributed by atoms with van der Waals surface area (Å²) in [6.45, 7) is 4.54. The number of piperidine rings is 1. The zero-order valence-electron chi connectivity index (χ0n) is 13.3. The van der Waals surface area contributed by atoms with E-state index in [9.17, 15) is 9.90 Å². The Labute approximate surface area is 137 Å². The lowest BCUT2D eigenvalue weighted by Gasteiger charge is -2.39. The van der Waals surface area contributed by atoms with Crippen LogP contribution in [0, 0.1) is 0 Å². The van der Waals surface area contributed by atoms with Crippen LogP contribution in [0.25, 0.3) is 0 Å². The van der Waals surface area contributed by atoms with Gasteiger partial charge in [0, 0.05) is 17.1 Å². The minimum absolute atomic E-state index is 0.00495. The van der Waals surface area contributed by atoms with Crippen LogP contribution >= 0.6 is 11.6 Å². The quantitative estimate of drug-likeness (QED) is 0.875. The smallest absolute Gasteiger partial charge is 0.234 e. The Kier molecular flexibility index (Phi) is 6.24. The molecule has 1 amide bonds. The highest BCUT2D eigenvalue weighted by molar-refractivity contribution is 6.30. The summed E-state index contributed by atoms with van der Waals surface area (Å²) in [4.78, 5) is 14.4. The van der Waals surface area contributed by atoms with E-state index in [0.717, 1.165) is 24.8 Å². The molecule has 2 rings (SSSR count). The highest BCUT2D eigenvalue weighted by Crippen LogP contribution is 2.22. The summed E-state index contributed by atoms with van der Waals surface area (Å²) in [6.07, 6.45) is 3.16. The van der Waals surface area contributed by atoms with Crippen LogP contribution in [0.4, 0.5) is 0 Å². The molecule has 1 saturated heterocycles. The first-order chi connectivity index (χ1) is 10.5. The summed E-state index contributed by atoms with van der Waals surface area (Å²) in [6, 6.07) is 7.88. The highest BCUT2D eigenvalue weighted by Gasteiger charge is 2.29. The summed E-state index contributed by atoms with van der Waals surface area (Å²) < 4.78 is 0. The van der Waals surface area contributed by atoms with Crippen LogP contribution in [0.3, 0.4) is 0 Å². The number of aliphatic hydroxyl groups is 1. The molecule has 0 radical (unpaired) electrons. The van der Waals surface area contributed by atoms with Gasteiger partial charge in [0.1, 0.15) is 0 Å². The molecule has 0 spiro atoms. The van der Waals surface area contributed by atoms with Crippen molar-refractivity contribution in [3.8, 4) is 0 Å². The average molecular weight is 325 g/mol. The molecule has 0 bridgehead atoms. The van der Waals surface area contributed by atoms with Gasteiger partial charge in [-0.3, -0.25) is 9.69 Å². The van der Waals surface area contributed by atoms with Crippen LogP contribution < -0.4 is 5.32 Å². The molecule has 0 aromatic heterocycles. The summed E-state index contributed by atoms with van der Waals surface area (Å²) >= 11 is 5.88. The van der Waals surface area contributed by atoms with E-state index in [-0.39, 0.29) is 24.6 Å². The fourth-order valence-corrected chi connectivity index (χ4v) is 3.24. The molecule has 1 fully saturated rings. The Bertz CT molecular complexity index is 492. The Morgan fingerprint density at radius 3 is 2.73 bits per heavy atom. The molecule has 22 heavy (non-hydrogen) atoms. The van der Waals surface area contributed by atoms with Crippen LogP contribution in [0.5, 0.6) is 0 Å². The van der Waals surface area contributed by atoms with Crippen LogP contribution in [0.2, 0.25) is 5.02 Å². The molecule has 122 valence electrons. The van der Waals surface area contributed by atoms with Crippen LogP contribution in [-0.2, 0) is 4.79 Å². The predicted molar refractivity (Wildman–Crippen MR) is 88.9 cm³/mol. The maximum Gasteiger partial charge on any atom is 0.234 e. The maximum atomic E-state index is 12.3. The number of carbonyl (C=O) groups excluding carboxylic acids is 1. The third-order valence-corrected chi connectivity index (χ3v) is 4.73. The number of amides is 1. The third kappa shape index (κ3) is 4.45. The fraction of sp³-hybridized carbons (Fsp3) is 0.588. The predicted octanol–water partition coefficient (Wildman–Crippen LogP) is 2.75. The number of hydrogen-bond donors (Lipinski definition) is 2. The second kappa shape index (κ2) is 7.95. The zero-order chi connectivity index (χ0) is 16.1. The zero-order valence-corrected chi connectivity index (χ0v) is 14.0. The molecule has 3 atom stereocenters. The van der Waals surface area contributed by atoms with Crippen molar-refractivity contribution in [1.82, 2.24) is 10.2 Å². The Morgan fingerprint density at radius 2 is 2.09 bits per heavy atom. The largest absolute Gasteiger partial charge is 0.395 e. The van der Waals surface area contributed by atoms with Crippen molar-refractivity contribution in [2.24, 2.45) is 0 Å². The molecule has 0 aliphatic carbocycles. The SMILES string of the molecule is CC(NC(=O)CN1C(C)CCCC1CO)c1ccc(Cl)cc1. The molecule has 5 heteroatoms. The molecular weight excluding hydrogens is 300 g/mol. The minimum Gasteiger partial charge on any atom is -0.395 e. The van der Waals surface area contributed by atoms with Crippen molar-refractivity contribution >= 4 is 17.5 Å². The van der Waals surface area contributed by atoms with Gasteiger partial charge >= 0.3 is 0 Å². The molecule has 3 unspecified atom stereocenters. The second-order valence-corrected chi connectivity index (χ2v) is 6.57. The fourth-order valence-electron chi connectivity index (χ4n) is 3.11. The lowest BCUT2D eigenvalue weighted by atomic mass is 9.97. The molecule has 1 aromatic carbocycles. The van der Waals surface area contributed by atoms with Crippen molar-refractivity contribution in [2.75, 3.05) is 13.2 Å². The van der Waals surface area contributed by atoms with Crippen molar-refractivity contribution in [3.63, 3.8) is 0 Å². The molecular formula is C17H25ClN2O2. The number of likely N-dealkylation sites (tertiary alicyclic amines) is 1. The van der Waals surface area contributed by atoms with E-state index in [0.29, 0.717) is 17.6 Å². The average Bonchev–Trinajstić information content (AvgIpc) is 2.49. The number of carbonyl (C=O) groups is 1. The summed E-state index contributed by atoms with van der Waals surface area (Å²) in [5.41, 5.74) is 1.03. The van der Waals surface area contributed by atoms with Gasteiger partial charge in [-0.25, -0.2) is 0 Å². The molecule has 1 heterocycles. The molecule has 2 N–H and O–H groups in total. The number of hydrogen-bond acceptors (Lipinski definition) is 3.